The molecule has 0 aromatic carbocycles. The van der Waals surface area contributed by atoms with E-state index in [1.165, 1.54) is 0 Å². The summed E-state index contributed by atoms with van der Waals surface area (Å²) in [5, 5.41) is 6.95. The van der Waals surface area contributed by atoms with Gasteiger partial charge in [0.2, 0.25) is 5.89 Å². The predicted octanol–water partition coefficient (Wildman–Crippen LogP) is 3.02. The second kappa shape index (κ2) is 7.42. The SMILES string of the molecule is CCCN(Cc1ccncc1)C(=O)NC(C)c1nc(C2CC2)no1. The van der Waals surface area contributed by atoms with Gasteiger partial charge in [0.15, 0.2) is 5.82 Å². The van der Waals surface area contributed by atoms with E-state index in [4.69, 9.17) is 4.52 Å². The molecule has 1 aliphatic carbocycles. The van der Waals surface area contributed by atoms with Crippen molar-refractivity contribution in [2.45, 2.75) is 51.6 Å². The first-order valence-corrected chi connectivity index (χ1v) is 8.45. The molecule has 1 unspecified atom stereocenters. The Balaban J connectivity index is 1.61. The highest BCUT2D eigenvalue weighted by atomic mass is 16.5. The van der Waals surface area contributed by atoms with Crippen molar-refractivity contribution in [2.24, 2.45) is 0 Å². The summed E-state index contributed by atoms with van der Waals surface area (Å²) in [7, 11) is 0. The number of hydrogen-bond donors (Lipinski definition) is 1. The molecular weight excluding hydrogens is 306 g/mol. The molecule has 1 N–H and O–H groups in total. The molecule has 0 saturated heterocycles. The van der Waals surface area contributed by atoms with Crippen LogP contribution in [-0.2, 0) is 6.54 Å². The van der Waals surface area contributed by atoms with Crippen LogP contribution in [0.2, 0.25) is 0 Å². The summed E-state index contributed by atoms with van der Waals surface area (Å²) < 4.78 is 5.28. The van der Waals surface area contributed by atoms with Crippen molar-refractivity contribution in [2.75, 3.05) is 6.54 Å². The number of aromatic nitrogens is 3. The van der Waals surface area contributed by atoms with Gasteiger partial charge in [0.05, 0.1) is 0 Å². The molecule has 2 heterocycles. The summed E-state index contributed by atoms with van der Waals surface area (Å²) >= 11 is 0. The van der Waals surface area contributed by atoms with E-state index in [0.717, 1.165) is 30.7 Å². The van der Waals surface area contributed by atoms with Crippen LogP contribution in [0, 0.1) is 0 Å². The van der Waals surface area contributed by atoms with Crippen molar-refractivity contribution in [3.8, 4) is 0 Å². The van der Waals surface area contributed by atoms with Crippen LogP contribution in [0.15, 0.2) is 29.0 Å². The van der Waals surface area contributed by atoms with Crippen LogP contribution >= 0.6 is 0 Å². The first-order chi connectivity index (χ1) is 11.7. The Morgan fingerprint density at radius 1 is 1.42 bits per heavy atom. The third-order valence-electron chi connectivity index (χ3n) is 4.01. The quantitative estimate of drug-likeness (QED) is 0.844. The number of carbonyl (C=O) groups is 1. The number of pyridine rings is 1. The average molecular weight is 329 g/mol. The fourth-order valence-corrected chi connectivity index (χ4v) is 2.50. The summed E-state index contributed by atoms with van der Waals surface area (Å²) in [6.07, 6.45) is 6.60. The van der Waals surface area contributed by atoms with Gasteiger partial charge in [-0.3, -0.25) is 4.98 Å². The van der Waals surface area contributed by atoms with Gasteiger partial charge in [-0.05, 0) is 43.9 Å². The molecular formula is C17H23N5O2. The Hall–Kier alpha value is -2.44. The zero-order chi connectivity index (χ0) is 16.9. The number of nitrogens with one attached hydrogen (secondary N) is 1. The van der Waals surface area contributed by atoms with Crippen LogP contribution in [0.5, 0.6) is 0 Å². The molecule has 0 spiro atoms. The molecule has 7 heteroatoms. The third kappa shape index (κ3) is 4.10. The number of nitrogens with zero attached hydrogens (tertiary/aromatic N) is 4. The van der Waals surface area contributed by atoms with E-state index in [1.54, 1.807) is 17.3 Å². The first kappa shape index (κ1) is 16.4. The summed E-state index contributed by atoms with van der Waals surface area (Å²) in [4.78, 5) is 22.8. The van der Waals surface area contributed by atoms with Crippen LogP contribution in [0.1, 0.15) is 62.3 Å². The Kier molecular flexibility index (Phi) is 5.08. The number of urea groups is 1. The summed E-state index contributed by atoms with van der Waals surface area (Å²) in [6.45, 7) is 5.14. The lowest BCUT2D eigenvalue weighted by Gasteiger charge is -2.24. The lowest BCUT2D eigenvalue weighted by molar-refractivity contribution is 0.189. The largest absolute Gasteiger partial charge is 0.337 e. The predicted molar refractivity (Wildman–Crippen MR) is 88.2 cm³/mol. The highest BCUT2D eigenvalue weighted by Gasteiger charge is 2.30. The van der Waals surface area contributed by atoms with Gasteiger partial charge in [-0.15, -0.1) is 0 Å². The maximum absolute atomic E-state index is 12.6. The number of rotatable bonds is 7. The minimum atomic E-state index is -0.311. The van der Waals surface area contributed by atoms with Gasteiger partial charge >= 0.3 is 6.03 Å². The van der Waals surface area contributed by atoms with E-state index in [2.05, 4.69) is 27.4 Å². The van der Waals surface area contributed by atoms with Gasteiger partial charge < -0.3 is 14.7 Å². The normalized spacial score (nSPS) is 15.1. The smallest absolute Gasteiger partial charge is 0.318 e. The van der Waals surface area contributed by atoms with Crippen molar-refractivity contribution in [3.05, 3.63) is 41.8 Å². The van der Waals surface area contributed by atoms with Gasteiger partial charge in [0, 0.05) is 31.4 Å². The van der Waals surface area contributed by atoms with Crippen LogP contribution in [0.4, 0.5) is 4.79 Å². The second-order valence-corrected chi connectivity index (χ2v) is 6.21. The fourth-order valence-electron chi connectivity index (χ4n) is 2.50. The Bertz CT molecular complexity index is 669. The summed E-state index contributed by atoms with van der Waals surface area (Å²) in [6, 6.07) is 3.39. The van der Waals surface area contributed by atoms with Gasteiger partial charge in [0.1, 0.15) is 6.04 Å². The lowest BCUT2D eigenvalue weighted by atomic mass is 10.2. The van der Waals surface area contributed by atoms with Crippen LogP contribution < -0.4 is 5.32 Å². The third-order valence-corrected chi connectivity index (χ3v) is 4.01. The summed E-state index contributed by atoms with van der Waals surface area (Å²) in [5.41, 5.74) is 1.05. The molecule has 0 radical (unpaired) electrons. The van der Waals surface area contributed by atoms with Crippen molar-refractivity contribution in [3.63, 3.8) is 0 Å². The van der Waals surface area contributed by atoms with Crippen molar-refractivity contribution >= 4 is 6.03 Å². The molecule has 2 aromatic heterocycles. The van der Waals surface area contributed by atoms with E-state index >= 15 is 0 Å². The van der Waals surface area contributed by atoms with E-state index in [0.29, 0.717) is 24.9 Å². The van der Waals surface area contributed by atoms with Crippen molar-refractivity contribution in [1.29, 1.82) is 0 Å². The minimum Gasteiger partial charge on any atom is -0.337 e. The van der Waals surface area contributed by atoms with Crippen LogP contribution in [0.25, 0.3) is 0 Å². The molecule has 24 heavy (non-hydrogen) atoms. The molecule has 1 aliphatic rings. The molecule has 2 amide bonds. The molecule has 7 nitrogen and oxygen atoms in total. The van der Waals surface area contributed by atoms with Gasteiger partial charge in [-0.2, -0.15) is 4.98 Å². The number of carbonyl (C=O) groups excluding carboxylic acids is 1. The molecule has 3 rings (SSSR count). The number of hydrogen-bond acceptors (Lipinski definition) is 5. The van der Waals surface area contributed by atoms with Crippen molar-refractivity contribution < 1.29 is 9.32 Å². The second-order valence-electron chi connectivity index (χ2n) is 6.21. The van der Waals surface area contributed by atoms with E-state index in [-0.39, 0.29) is 12.1 Å². The molecule has 1 fully saturated rings. The standard InChI is InChI=1S/C17H23N5O2/c1-3-10-22(11-13-6-8-18-9-7-13)17(23)19-12(2)16-20-15(21-24-16)14-4-5-14/h6-9,12,14H,3-5,10-11H2,1-2H3,(H,19,23). The Morgan fingerprint density at radius 3 is 2.83 bits per heavy atom. The lowest BCUT2D eigenvalue weighted by Crippen LogP contribution is -2.41. The van der Waals surface area contributed by atoms with Gasteiger partial charge in [-0.1, -0.05) is 12.1 Å². The molecule has 1 atom stereocenters. The minimum absolute atomic E-state index is 0.132. The fraction of sp³-hybridized carbons (Fsp3) is 0.529. The van der Waals surface area contributed by atoms with Gasteiger partial charge in [0.25, 0.3) is 0 Å². The Morgan fingerprint density at radius 2 is 2.17 bits per heavy atom. The zero-order valence-electron chi connectivity index (χ0n) is 14.1. The van der Waals surface area contributed by atoms with Crippen LogP contribution in [0.3, 0.4) is 0 Å². The Labute approximate surface area is 141 Å². The molecule has 2 aromatic rings. The maximum atomic E-state index is 12.6. The van der Waals surface area contributed by atoms with E-state index in [1.807, 2.05) is 19.1 Å². The highest BCUT2D eigenvalue weighted by molar-refractivity contribution is 5.74. The topological polar surface area (TPSA) is 84.2 Å². The van der Waals surface area contributed by atoms with E-state index < -0.39 is 0 Å². The molecule has 1 saturated carbocycles. The highest BCUT2D eigenvalue weighted by Crippen LogP contribution is 2.38. The van der Waals surface area contributed by atoms with Crippen LogP contribution in [-0.4, -0.2) is 32.6 Å². The molecule has 0 bridgehead atoms. The molecule has 0 aliphatic heterocycles. The maximum Gasteiger partial charge on any atom is 0.318 e. The average Bonchev–Trinajstić information content (AvgIpc) is 3.32. The number of amides is 2. The monoisotopic (exact) mass is 329 g/mol. The zero-order valence-corrected chi connectivity index (χ0v) is 14.1. The van der Waals surface area contributed by atoms with Gasteiger partial charge in [-0.25, -0.2) is 4.79 Å². The van der Waals surface area contributed by atoms with Crippen molar-refractivity contribution in [1.82, 2.24) is 25.3 Å². The summed E-state index contributed by atoms with van der Waals surface area (Å²) in [5.74, 6) is 1.66. The first-order valence-electron chi connectivity index (χ1n) is 8.45. The van der Waals surface area contributed by atoms with E-state index in [9.17, 15) is 4.79 Å². The molecule has 128 valence electrons.